The van der Waals surface area contributed by atoms with Crippen LogP contribution in [0.15, 0.2) is 9.66 Å². The molecule has 1 unspecified atom stereocenters. The monoisotopic (exact) mass is 472 g/mol. The van der Waals surface area contributed by atoms with E-state index in [0.717, 1.165) is 28.7 Å². The lowest BCUT2D eigenvalue weighted by molar-refractivity contribution is -0.395. The molecule has 0 spiro atoms. The van der Waals surface area contributed by atoms with E-state index in [2.05, 4.69) is 0 Å². The minimum Gasteiger partial charge on any atom is -0.389 e. The van der Waals surface area contributed by atoms with E-state index < -0.39 is 40.0 Å². The minimum absolute atomic E-state index is 0.115. The van der Waals surface area contributed by atoms with E-state index in [1.165, 1.54) is 0 Å². The predicted molar refractivity (Wildman–Crippen MR) is 73.1 cm³/mol. The molecule has 23 heavy (non-hydrogen) atoms. The van der Waals surface area contributed by atoms with E-state index in [0.29, 0.717) is 12.8 Å². The normalized spacial score (nSPS) is 16.6. The van der Waals surface area contributed by atoms with Gasteiger partial charge in [0.05, 0.1) is 6.10 Å². The molecule has 0 aromatic carbocycles. The van der Waals surface area contributed by atoms with Crippen molar-refractivity contribution in [1.29, 1.82) is 0 Å². The van der Waals surface area contributed by atoms with Crippen molar-refractivity contribution in [1.82, 2.24) is 0 Å². The van der Waals surface area contributed by atoms with Crippen LogP contribution in [-0.2, 0) is 0 Å². The highest BCUT2D eigenvalue weighted by atomic mass is 127. The summed E-state index contributed by atoms with van der Waals surface area (Å²) in [5.74, 6) is -19.2. The van der Waals surface area contributed by atoms with Crippen molar-refractivity contribution in [3.63, 3.8) is 0 Å². The largest absolute Gasteiger partial charge is 0.460 e. The van der Waals surface area contributed by atoms with Crippen molar-refractivity contribution in [2.24, 2.45) is 0 Å². The Bertz CT molecular complexity index is 417. The van der Waals surface area contributed by atoms with Crippen molar-refractivity contribution in [3.8, 4) is 0 Å². The van der Waals surface area contributed by atoms with Crippen LogP contribution in [0.4, 0.5) is 39.5 Å². The fraction of sp³-hybridized carbons (Fsp3) is 0.833. The maximum absolute atomic E-state index is 13.3. The van der Waals surface area contributed by atoms with Gasteiger partial charge in [-0.05, 0) is 38.7 Å². The molecule has 0 bridgehead atoms. The van der Waals surface area contributed by atoms with Gasteiger partial charge in [0.15, 0.2) is 0 Å². The van der Waals surface area contributed by atoms with Crippen LogP contribution >= 0.6 is 22.6 Å². The maximum atomic E-state index is 13.3. The first-order valence-corrected chi connectivity index (χ1v) is 7.42. The van der Waals surface area contributed by atoms with Crippen LogP contribution < -0.4 is 0 Å². The second-order valence-corrected chi connectivity index (χ2v) is 6.24. The van der Waals surface area contributed by atoms with Crippen molar-refractivity contribution in [3.05, 3.63) is 9.66 Å². The Morgan fingerprint density at radius 2 is 1.48 bits per heavy atom. The van der Waals surface area contributed by atoms with E-state index in [1.807, 2.05) is 0 Å². The molecule has 0 aliphatic heterocycles. The molecule has 138 valence electrons. The van der Waals surface area contributed by atoms with Crippen LogP contribution in [0, 0.1) is 0 Å². The van der Waals surface area contributed by atoms with Gasteiger partial charge in [-0.25, -0.2) is 0 Å². The average molecular weight is 472 g/mol. The van der Waals surface area contributed by atoms with Gasteiger partial charge in [0, 0.05) is 6.42 Å². The third-order valence-electron chi connectivity index (χ3n) is 2.83. The highest BCUT2D eigenvalue weighted by Gasteiger charge is 2.81. The molecule has 0 amide bonds. The molecule has 0 heterocycles. The van der Waals surface area contributed by atoms with Gasteiger partial charge >= 0.3 is 23.9 Å². The third kappa shape index (κ3) is 5.40. The average Bonchev–Trinajstić information content (AvgIpc) is 2.33. The molecule has 1 nitrogen and oxygen atoms in total. The standard InChI is InChI=1S/C12H14F9IO/c1-2-3-4-8(23)5-7(22)6-9(13,14)10(15,16)11(17,18)12(19,20)21/h5,8,23H,2-4,6H2,1H3/b7-5-. The quantitative estimate of drug-likeness (QED) is 0.355. The molecular formula is C12H14F9IO. The summed E-state index contributed by atoms with van der Waals surface area (Å²) in [6, 6.07) is 0. The molecular weight excluding hydrogens is 458 g/mol. The lowest BCUT2D eigenvalue weighted by Crippen LogP contribution is -2.60. The summed E-state index contributed by atoms with van der Waals surface area (Å²) >= 11 is 1.08. The lowest BCUT2D eigenvalue weighted by Gasteiger charge is -2.33. The smallest absolute Gasteiger partial charge is 0.389 e. The topological polar surface area (TPSA) is 20.2 Å². The number of halogens is 10. The zero-order valence-electron chi connectivity index (χ0n) is 11.7. The van der Waals surface area contributed by atoms with Gasteiger partial charge in [0.2, 0.25) is 0 Å². The Hall–Kier alpha value is -0.200. The van der Waals surface area contributed by atoms with Gasteiger partial charge in [0.1, 0.15) is 0 Å². The zero-order valence-corrected chi connectivity index (χ0v) is 13.9. The van der Waals surface area contributed by atoms with E-state index in [-0.39, 0.29) is 6.42 Å². The number of aliphatic hydroxyl groups excluding tert-OH is 1. The number of allylic oxidation sites excluding steroid dienone is 1. The summed E-state index contributed by atoms with van der Waals surface area (Å²) in [6.07, 6.45) is -8.18. The van der Waals surface area contributed by atoms with Crippen LogP contribution in [0.1, 0.15) is 32.6 Å². The second kappa shape index (κ2) is 7.79. The molecule has 0 aliphatic carbocycles. The summed E-state index contributed by atoms with van der Waals surface area (Å²) in [5, 5.41) is 9.40. The summed E-state index contributed by atoms with van der Waals surface area (Å²) in [6.45, 7) is 1.76. The highest BCUT2D eigenvalue weighted by molar-refractivity contribution is 14.1. The number of unbranched alkanes of at least 4 members (excludes halogenated alkanes) is 1. The van der Waals surface area contributed by atoms with Gasteiger partial charge in [-0.15, -0.1) is 0 Å². The number of aliphatic hydroxyl groups is 1. The molecule has 1 N–H and O–H groups in total. The van der Waals surface area contributed by atoms with Crippen LogP contribution in [0.3, 0.4) is 0 Å². The molecule has 0 radical (unpaired) electrons. The summed E-state index contributed by atoms with van der Waals surface area (Å²) in [4.78, 5) is 0. The molecule has 1 atom stereocenters. The third-order valence-corrected chi connectivity index (χ3v) is 3.57. The second-order valence-electron chi connectivity index (χ2n) is 4.85. The van der Waals surface area contributed by atoms with Crippen LogP contribution in [0.5, 0.6) is 0 Å². The Balaban J connectivity index is 5.29. The lowest BCUT2D eigenvalue weighted by atomic mass is 10.0. The zero-order chi connectivity index (χ0) is 18.7. The fourth-order valence-electron chi connectivity index (χ4n) is 1.50. The van der Waals surface area contributed by atoms with Crippen LogP contribution in [0.2, 0.25) is 0 Å². The van der Waals surface area contributed by atoms with Gasteiger partial charge in [0.25, 0.3) is 0 Å². The Kier molecular flexibility index (Phi) is 7.72. The van der Waals surface area contributed by atoms with Crippen molar-refractivity contribution in [2.45, 2.75) is 62.7 Å². The van der Waals surface area contributed by atoms with Gasteiger partial charge < -0.3 is 5.11 Å². The van der Waals surface area contributed by atoms with Crippen molar-refractivity contribution in [2.75, 3.05) is 0 Å². The first-order valence-electron chi connectivity index (χ1n) is 6.34. The van der Waals surface area contributed by atoms with E-state index in [9.17, 15) is 44.6 Å². The number of hydrogen-bond acceptors (Lipinski definition) is 1. The van der Waals surface area contributed by atoms with E-state index >= 15 is 0 Å². The SMILES string of the molecule is CCCCC(O)/C=C(\I)CC(F)(F)C(F)(F)C(F)(F)C(F)(F)F. The number of rotatable bonds is 8. The fourth-order valence-corrected chi connectivity index (χ4v) is 2.39. The van der Waals surface area contributed by atoms with Crippen LogP contribution in [-0.4, -0.2) is 35.2 Å². The van der Waals surface area contributed by atoms with E-state index in [1.54, 1.807) is 6.92 Å². The Morgan fingerprint density at radius 1 is 1.00 bits per heavy atom. The van der Waals surface area contributed by atoms with Gasteiger partial charge in [-0.3, -0.25) is 0 Å². The van der Waals surface area contributed by atoms with Gasteiger partial charge in [-0.1, -0.05) is 19.8 Å². The molecule has 0 saturated heterocycles. The molecule has 0 aromatic rings. The maximum Gasteiger partial charge on any atom is 0.460 e. The van der Waals surface area contributed by atoms with E-state index in [4.69, 9.17) is 0 Å². The Morgan fingerprint density at radius 3 is 1.87 bits per heavy atom. The summed E-state index contributed by atoms with van der Waals surface area (Å²) < 4.78 is 113. The molecule has 0 saturated carbocycles. The number of hydrogen-bond donors (Lipinski definition) is 1. The summed E-state index contributed by atoms with van der Waals surface area (Å²) in [5.41, 5.74) is 0. The molecule has 0 aromatic heterocycles. The summed E-state index contributed by atoms with van der Waals surface area (Å²) in [7, 11) is 0. The highest BCUT2D eigenvalue weighted by Crippen LogP contribution is 2.54. The number of alkyl halides is 9. The van der Waals surface area contributed by atoms with Crippen molar-refractivity contribution < 1.29 is 44.6 Å². The predicted octanol–water partition coefficient (Wildman–Crippen LogP) is 5.71. The van der Waals surface area contributed by atoms with Crippen LogP contribution in [0.25, 0.3) is 0 Å². The molecule has 0 rings (SSSR count). The van der Waals surface area contributed by atoms with Crippen molar-refractivity contribution >= 4 is 22.6 Å². The van der Waals surface area contributed by atoms with Gasteiger partial charge in [-0.2, -0.15) is 39.5 Å². The Labute approximate surface area is 140 Å². The first-order chi connectivity index (χ1) is 10.1. The molecule has 0 aliphatic rings. The molecule has 0 fully saturated rings. The minimum atomic E-state index is -6.89. The first kappa shape index (κ1) is 22.8. The molecule has 11 heteroatoms.